The molecule has 0 unspecified atom stereocenters. The van der Waals surface area contributed by atoms with E-state index in [9.17, 15) is 4.79 Å². The van der Waals surface area contributed by atoms with Crippen molar-refractivity contribution in [2.75, 3.05) is 6.61 Å². The van der Waals surface area contributed by atoms with E-state index in [0.717, 1.165) is 37.0 Å². The van der Waals surface area contributed by atoms with Crippen LogP contribution in [0.2, 0.25) is 0 Å². The van der Waals surface area contributed by atoms with Crippen molar-refractivity contribution in [1.29, 1.82) is 0 Å². The van der Waals surface area contributed by atoms with Gasteiger partial charge in [0.15, 0.2) is 0 Å². The molecule has 2 saturated carbocycles. The molecule has 1 spiro atoms. The van der Waals surface area contributed by atoms with Crippen molar-refractivity contribution >= 4 is 5.91 Å². The summed E-state index contributed by atoms with van der Waals surface area (Å²) in [5.74, 6) is -0.0225. The van der Waals surface area contributed by atoms with Gasteiger partial charge < -0.3 is 10.1 Å². The van der Waals surface area contributed by atoms with Crippen LogP contribution in [0.25, 0.3) is 11.1 Å². The van der Waals surface area contributed by atoms with Gasteiger partial charge in [0, 0.05) is 41.6 Å². The highest BCUT2D eigenvalue weighted by molar-refractivity contribution is 6.01. The second kappa shape index (κ2) is 6.56. The first-order chi connectivity index (χ1) is 12.2. The number of carbonyl (C=O) groups is 1. The normalized spacial score (nSPS) is 23.6. The quantitative estimate of drug-likeness (QED) is 0.910. The Morgan fingerprint density at radius 1 is 1.28 bits per heavy atom. The van der Waals surface area contributed by atoms with E-state index in [1.165, 1.54) is 12.7 Å². The zero-order valence-corrected chi connectivity index (χ0v) is 14.4. The van der Waals surface area contributed by atoms with Crippen molar-refractivity contribution in [3.8, 4) is 11.1 Å². The molecule has 25 heavy (non-hydrogen) atoms. The number of hydrogen-bond donors (Lipinski definition) is 1. The van der Waals surface area contributed by atoms with Gasteiger partial charge in [-0.2, -0.15) is 0 Å². The van der Waals surface area contributed by atoms with Crippen LogP contribution in [0, 0.1) is 5.41 Å². The third kappa shape index (κ3) is 2.72. The Morgan fingerprint density at radius 3 is 2.72 bits per heavy atom. The molecule has 1 aromatic carbocycles. The minimum absolute atomic E-state index is 0.0225. The Hall–Kier alpha value is -2.27. The SMILES string of the molecule is CCO[C@@H]1C[C@H](NC(=O)c2ccccc2-c2cncnc2)C12CCC2. The van der Waals surface area contributed by atoms with Crippen LogP contribution >= 0.6 is 0 Å². The van der Waals surface area contributed by atoms with Crippen molar-refractivity contribution in [2.45, 2.75) is 44.8 Å². The molecule has 5 nitrogen and oxygen atoms in total. The number of amides is 1. The second-order valence-electron chi connectivity index (χ2n) is 6.97. The maximum Gasteiger partial charge on any atom is 0.252 e. The van der Waals surface area contributed by atoms with Gasteiger partial charge in [0.05, 0.1) is 6.10 Å². The second-order valence-corrected chi connectivity index (χ2v) is 6.97. The van der Waals surface area contributed by atoms with Crippen LogP contribution in [0.5, 0.6) is 0 Å². The zero-order chi connectivity index (χ0) is 17.3. The summed E-state index contributed by atoms with van der Waals surface area (Å²) in [7, 11) is 0. The first kappa shape index (κ1) is 16.2. The maximum atomic E-state index is 12.9. The molecule has 0 bridgehead atoms. The Labute approximate surface area is 147 Å². The van der Waals surface area contributed by atoms with E-state index >= 15 is 0 Å². The highest BCUT2D eigenvalue weighted by Gasteiger charge is 2.59. The van der Waals surface area contributed by atoms with Crippen LogP contribution in [0.3, 0.4) is 0 Å². The minimum Gasteiger partial charge on any atom is -0.378 e. The first-order valence-electron chi connectivity index (χ1n) is 9.01. The van der Waals surface area contributed by atoms with Crippen molar-refractivity contribution in [2.24, 2.45) is 5.41 Å². The molecule has 2 aromatic rings. The topological polar surface area (TPSA) is 64.1 Å². The highest BCUT2D eigenvalue weighted by atomic mass is 16.5. The Morgan fingerprint density at radius 2 is 2.04 bits per heavy atom. The predicted octanol–water partition coefficient (Wildman–Crippen LogP) is 3.22. The third-order valence-electron chi connectivity index (χ3n) is 5.79. The molecule has 1 heterocycles. The summed E-state index contributed by atoms with van der Waals surface area (Å²) < 4.78 is 5.88. The maximum absolute atomic E-state index is 12.9. The number of aromatic nitrogens is 2. The number of nitrogens with one attached hydrogen (secondary N) is 1. The largest absolute Gasteiger partial charge is 0.378 e. The molecular weight excluding hydrogens is 314 g/mol. The lowest BCUT2D eigenvalue weighted by molar-refractivity contribution is -0.169. The van der Waals surface area contributed by atoms with E-state index < -0.39 is 0 Å². The van der Waals surface area contributed by atoms with E-state index in [2.05, 4.69) is 15.3 Å². The number of hydrogen-bond acceptors (Lipinski definition) is 4. The van der Waals surface area contributed by atoms with Gasteiger partial charge in [0.2, 0.25) is 0 Å². The van der Waals surface area contributed by atoms with Crippen LogP contribution in [0.15, 0.2) is 43.0 Å². The van der Waals surface area contributed by atoms with Crippen LogP contribution in [-0.4, -0.2) is 34.6 Å². The average molecular weight is 337 g/mol. The standard InChI is InChI=1S/C20H23N3O2/c1-2-25-18-10-17(20(18)8-5-9-20)23-19(24)16-7-4-3-6-15(16)14-11-21-13-22-12-14/h3-4,6-7,11-13,17-18H,2,5,8-10H2,1H3,(H,23,24)/t17-,18+/m0/s1. The summed E-state index contributed by atoms with van der Waals surface area (Å²) in [6.45, 7) is 2.78. The lowest BCUT2D eigenvalue weighted by Crippen LogP contribution is -2.67. The molecule has 2 aliphatic rings. The molecule has 0 aliphatic heterocycles. The number of carbonyl (C=O) groups excluding carboxylic acids is 1. The molecule has 0 radical (unpaired) electrons. The molecule has 2 aliphatic carbocycles. The van der Waals surface area contributed by atoms with Gasteiger partial charge in [-0.25, -0.2) is 9.97 Å². The Balaban J connectivity index is 1.53. The van der Waals surface area contributed by atoms with Crippen molar-refractivity contribution in [1.82, 2.24) is 15.3 Å². The Bertz CT molecular complexity index is 759. The van der Waals surface area contributed by atoms with Crippen molar-refractivity contribution in [3.05, 3.63) is 48.5 Å². The molecule has 5 heteroatoms. The lowest BCUT2D eigenvalue weighted by Gasteiger charge is -2.61. The van der Waals surface area contributed by atoms with Crippen LogP contribution < -0.4 is 5.32 Å². The van der Waals surface area contributed by atoms with Crippen LogP contribution in [0.4, 0.5) is 0 Å². The summed E-state index contributed by atoms with van der Waals surface area (Å²) in [5.41, 5.74) is 2.55. The van der Waals surface area contributed by atoms with Gasteiger partial charge in [-0.05, 0) is 37.8 Å². The van der Waals surface area contributed by atoms with E-state index in [-0.39, 0.29) is 17.4 Å². The third-order valence-corrected chi connectivity index (χ3v) is 5.79. The average Bonchev–Trinajstić information content (AvgIpc) is 2.60. The molecule has 130 valence electrons. The van der Waals surface area contributed by atoms with Gasteiger partial charge in [-0.1, -0.05) is 24.6 Å². The molecule has 2 atom stereocenters. The minimum atomic E-state index is -0.0225. The van der Waals surface area contributed by atoms with E-state index in [4.69, 9.17) is 4.74 Å². The van der Waals surface area contributed by atoms with E-state index in [1.54, 1.807) is 12.4 Å². The Kier molecular flexibility index (Phi) is 4.25. The fourth-order valence-electron chi connectivity index (χ4n) is 4.25. The fourth-order valence-corrected chi connectivity index (χ4v) is 4.25. The van der Waals surface area contributed by atoms with Gasteiger partial charge in [-0.3, -0.25) is 4.79 Å². The predicted molar refractivity (Wildman–Crippen MR) is 95.0 cm³/mol. The monoisotopic (exact) mass is 337 g/mol. The number of benzene rings is 1. The van der Waals surface area contributed by atoms with E-state index in [0.29, 0.717) is 11.7 Å². The van der Waals surface area contributed by atoms with Crippen LogP contribution in [-0.2, 0) is 4.74 Å². The molecular formula is C20H23N3O2. The smallest absolute Gasteiger partial charge is 0.252 e. The first-order valence-corrected chi connectivity index (χ1v) is 9.01. The highest BCUT2D eigenvalue weighted by Crippen LogP contribution is 2.57. The van der Waals surface area contributed by atoms with Gasteiger partial charge in [0.25, 0.3) is 5.91 Å². The van der Waals surface area contributed by atoms with Crippen molar-refractivity contribution in [3.63, 3.8) is 0 Å². The van der Waals surface area contributed by atoms with E-state index in [1.807, 2.05) is 31.2 Å². The summed E-state index contributed by atoms with van der Waals surface area (Å²) in [6.07, 6.45) is 9.71. The zero-order valence-electron chi connectivity index (χ0n) is 14.4. The summed E-state index contributed by atoms with van der Waals surface area (Å²) in [4.78, 5) is 21.1. The van der Waals surface area contributed by atoms with Gasteiger partial charge in [-0.15, -0.1) is 0 Å². The fraction of sp³-hybridized carbons (Fsp3) is 0.450. The molecule has 2 fully saturated rings. The molecule has 0 saturated heterocycles. The van der Waals surface area contributed by atoms with Crippen molar-refractivity contribution < 1.29 is 9.53 Å². The summed E-state index contributed by atoms with van der Waals surface area (Å²) >= 11 is 0. The van der Waals surface area contributed by atoms with Gasteiger partial charge in [0.1, 0.15) is 6.33 Å². The molecule has 4 rings (SSSR count). The number of ether oxygens (including phenoxy) is 1. The molecule has 1 N–H and O–H groups in total. The van der Waals surface area contributed by atoms with Gasteiger partial charge >= 0.3 is 0 Å². The number of rotatable bonds is 5. The number of nitrogens with zero attached hydrogens (tertiary/aromatic N) is 2. The van der Waals surface area contributed by atoms with Crippen LogP contribution in [0.1, 0.15) is 43.0 Å². The molecule has 1 aromatic heterocycles. The lowest BCUT2D eigenvalue weighted by atomic mass is 9.51. The summed E-state index contributed by atoms with van der Waals surface area (Å²) in [6, 6.07) is 7.84. The molecule has 1 amide bonds. The summed E-state index contributed by atoms with van der Waals surface area (Å²) in [5, 5.41) is 3.26.